The molecule has 2 heterocycles. The maximum Gasteiger partial charge on any atom is 0.224 e. The Labute approximate surface area is 124 Å². The molecule has 2 rings (SSSR count). The predicted octanol–water partition coefficient (Wildman–Crippen LogP) is 2.47. The third-order valence-corrected chi connectivity index (χ3v) is 3.79. The van der Waals surface area contributed by atoms with Gasteiger partial charge >= 0.3 is 0 Å². The fraction of sp³-hybridized carbons (Fsp3) is 0.533. The van der Waals surface area contributed by atoms with Crippen LogP contribution in [0.25, 0.3) is 0 Å². The van der Waals surface area contributed by atoms with E-state index >= 15 is 0 Å². The van der Waals surface area contributed by atoms with Crippen LogP contribution in [0.4, 0.5) is 5.69 Å². The van der Waals surface area contributed by atoms with Crippen molar-refractivity contribution in [3.63, 3.8) is 0 Å². The highest BCUT2D eigenvalue weighted by atomic mass is 16.5. The number of carbonyl (C=O) groups excluding carboxylic acids is 1. The van der Waals surface area contributed by atoms with Gasteiger partial charge in [-0.1, -0.05) is 12.1 Å². The number of nitrogens with one attached hydrogen (secondary N) is 1. The molecule has 0 aromatic carbocycles. The monoisotopic (exact) mass is 290 g/mol. The van der Waals surface area contributed by atoms with E-state index in [1.54, 1.807) is 6.92 Å². The van der Waals surface area contributed by atoms with E-state index in [-0.39, 0.29) is 5.91 Å². The number of hydrogen-bond donors (Lipinski definition) is 1. The first kappa shape index (κ1) is 15.3. The number of carbonyl (C=O) groups is 1. The van der Waals surface area contributed by atoms with Crippen LogP contribution >= 0.6 is 0 Å². The Balaban J connectivity index is 2.01. The maximum absolute atomic E-state index is 12.1. The van der Waals surface area contributed by atoms with Crippen molar-refractivity contribution in [2.75, 3.05) is 5.32 Å². The van der Waals surface area contributed by atoms with E-state index in [2.05, 4.69) is 15.6 Å². The summed E-state index contributed by atoms with van der Waals surface area (Å²) >= 11 is 0. The van der Waals surface area contributed by atoms with Crippen LogP contribution in [0.3, 0.4) is 0 Å². The van der Waals surface area contributed by atoms with Gasteiger partial charge in [-0.2, -0.15) is 5.10 Å². The van der Waals surface area contributed by atoms with Gasteiger partial charge in [0.05, 0.1) is 5.69 Å². The zero-order valence-corrected chi connectivity index (χ0v) is 13.3. The van der Waals surface area contributed by atoms with Gasteiger partial charge in [-0.15, -0.1) is 0 Å². The number of hydrogen-bond acceptors (Lipinski definition) is 4. The molecule has 2 aromatic rings. The number of amides is 1. The average Bonchev–Trinajstić information content (AvgIpc) is 2.90. The zero-order valence-electron chi connectivity index (χ0n) is 13.3. The zero-order chi connectivity index (χ0) is 15.6. The number of anilines is 1. The van der Waals surface area contributed by atoms with Crippen LogP contribution in [-0.2, 0) is 24.7 Å². The van der Waals surface area contributed by atoms with Crippen molar-refractivity contribution in [2.45, 2.75) is 47.0 Å². The van der Waals surface area contributed by atoms with Crippen molar-refractivity contribution in [1.29, 1.82) is 0 Å². The minimum absolute atomic E-state index is 0.0290. The van der Waals surface area contributed by atoms with Crippen molar-refractivity contribution in [1.82, 2.24) is 14.9 Å². The van der Waals surface area contributed by atoms with Gasteiger partial charge in [0.25, 0.3) is 0 Å². The van der Waals surface area contributed by atoms with Gasteiger partial charge in [-0.3, -0.25) is 9.48 Å². The third-order valence-electron chi connectivity index (χ3n) is 3.79. The highest BCUT2D eigenvalue weighted by Crippen LogP contribution is 2.21. The SMILES string of the molecule is CCc1noc(C)c1NC(=O)CCc1c(C)nn(C)c1C. The minimum atomic E-state index is -0.0290. The quantitative estimate of drug-likeness (QED) is 0.918. The fourth-order valence-corrected chi connectivity index (χ4v) is 2.44. The van der Waals surface area contributed by atoms with Crippen LogP contribution < -0.4 is 5.32 Å². The molecule has 0 atom stereocenters. The molecule has 1 amide bonds. The molecular formula is C15H22N4O2. The topological polar surface area (TPSA) is 73.0 Å². The molecule has 0 unspecified atom stereocenters. The molecule has 0 aliphatic rings. The van der Waals surface area contributed by atoms with Crippen molar-refractivity contribution in [3.8, 4) is 0 Å². The molecule has 1 N–H and O–H groups in total. The van der Waals surface area contributed by atoms with Gasteiger partial charge in [0.15, 0.2) is 5.76 Å². The third kappa shape index (κ3) is 3.15. The van der Waals surface area contributed by atoms with Crippen LogP contribution in [-0.4, -0.2) is 20.8 Å². The molecule has 0 bridgehead atoms. The van der Waals surface area contributed by atoms with Crippen LogP contribution in [0.15, 0.2) is 4.52 Å². The summed E-state index contributed by atoms with van der Waals surface area (Å²) < 4.78 is 6.96. The van der Waals surface area contributed by atoms with Crippen molar-refractivity contribution in [3.05, 3.63) is 28.4 Å². The molecule has 2 aromatic heterocycles. The summed E-state index contributed by atoms with van der Waals surface area (Å²) in [5.74, 6) is 0.618. The van der Waals surface area contributed by atoms with E-state index in [9.17, 15) is 4.79 Å². The van der Waals surface area contributed by atoms with Crippen LogP contribution in [0.1, 0.15) is 41.8 Å². The molecule has 6 heteroatoms. The molecule has 0 radical (unpaired) electrons. The van der Waals surface area contributed by atoms with E-state index in [0.717, 1.165) is 29.1 Å². The predicted molar refractivity (Wildman–Crippen MR) is 80.3 cm³/mol. The second-order valence-corrected chi connectivity index (χ2v) is 5.24. The van der Waals surface area contributed by atoms with Crippen molar-refractivity contribution in [2.24, 2.45) is 7.05 Å². The summed E-state index contributed by atoms with van der Waals surface area (Å²) in [6, 6.07) is 0. The van der Waals surface area contributed by atoms with E-state index in [1.165, 1.54) is 0 Å². The lowest BCUT2D eigenvalue weighted by atomic mass is 10.1. The van der Waals surface area contributed by atoms with Crippen molar-refractivity contribution >= 4 is 11.6 Å². The normalized spacial score (nSPS) is 10.9. The lowest BCUT2D eigenvalue weighted by Gasteiger charge is -2.05. The second kappa shape index (κ2) is 6.11. The number of aryl methyl sites for hydroxylation is 4. The van der Waals surface area contributed by atoms with Gasteiger partial charge in [0.1, 0.15) is 11.4 Å². The van der Waals surface area contributed by atoms with Crippen LogP contribution in [0, 0.1) is 20.8 Å². The molecular weight excluding hydrogens is 268 g/mol. The van der Waals surface area contributed by atoms with Gasteiger partial charge in [0, 0.05) is 19.2 Å². The highest BCUT2D eigenvalue weighted by molar-refractivity contribution is 5.91. The van der Waals surface area contributed by atoms with Gasteiger partial charge < -0.3 is 9.84 Å². The van der Waals surface area contributed by atoms with Crippen molar-refractivity contribution < 1.29 is 9.32 Å². The first-order valence-electron chi connectivity index (χ1n) is 7.18. The molecule has 0 aliphatic heterocycles. The Morgan fingerprint density at radius 1 is 1.33 bits per heavy atom. The summed E-state index contributed by atoms with van der Waals surface area (Å²) in [7, 11) is 1.92. The van der Waals surface area contributed by atoms with Gasteiger partial charge in [-0.05, 0) is 39.2 Å². The Hall–Kier alpha value is -2.11. The summed E-state index contributed by atoms with van der Waals surface area (Å²) in [5.41, 5.74) is 4.73. The molecule has 0 spiro atoms. The Morgan fingerprint density at radius 3 is 2.62 bits per heavy atom. The Bertz CT molecular complexity index is 655. The smallest absolute Gasteiger partial charge is 0.224 e. The largest absolute Gasteiger partial charge is 0.359 e. The summed E-state index contributed by atoms with van der Waals surface area (Å²) in [4.78, 5) is 12.1. The van der Waals surface area contributed by atoms with E-state index in [4.69, 9.17) is 4.52 Å². The van der Waals surface area contributed by atoms with Gasteiger partial charge in [-0.25, -0.2) is 0 Å². The number of rotatable bonds is 5. The van der Waals surface area contributed by atoms with E-state index in [1.807, 2.05) is 32.5 Å². The van der Waals surface area contributed by atoms with Crippen LogP contribution in [0.5, 0.6) is 0 Å². The fourth-order valence-electron chi connectivity index (χ4n) is 2.44. The second-order valence-electron chi connectivity index (χ2n) is 5.24. The lowest BCUT2D eigenvalue weighted by molar-refractivity contribution is -0.116. The maximum atomic E-state index is 12.1. The molecule has 0 aliphatic carbocycles. The molecule has 0 saturated heterocycles. The lowest BCUT2D eigenvalue weighted by Crippen LogP contribution is -2.14. The molecule has 0 fully saturated rings. The summed E-state index contributed by atoms with van der Waals surface area (Å²) in [5, 5.41) is 11.2. The molecule has 114 valence electrons. The highest BCUT2D eigenvalue weighted by Gasteiger charge is 2.15. The molecule has 0 saturated carbocycles. The Kier molecular flexibility index (Phi) is 4.45. The van der Waals surface area contributed by atoms with E-state index in [0.29, 0.717) is 24.3 Å². The standard InChI is InChI=1S/C15H22N4O2/c1-6-13-15(11(4)21-18-13)16-14(20)8-7-12-9(2)17-19(5)10(12)3/h6-8H2,1-5H3,(H,16,20). The Morgan fingerprint density at radius 2 is 2.05 bits per heavy atom. The minimum Gasteiger partial charge on any atom is -0.359 e. The number of nitrogens with zero attached hydrogens (tertiary/aromatic N) is 3. The molecule has 6 nitrogen and oxygen atoms in total. The summed E-state index contributed by atoms with van der Waals surface area (Å²) in [6.45, 7) is 7.78. The summed E-state index contributed by atoms with van der Waals surface area (Å²) in [6.07, 6.45) is 1.83. The van der Waals surface area contributed by atoms with Crippen LogP contribution in [0.2, 0.25) is 0 Å². The average molecular weight is 290 g/mol. The first-order valence-corrected chi connectivity index (χ1v) is 7.18. The van der Waals surface area contributed by atoms with Gasteiger partial charge in [0.2, 0.25) is 5.91 Å². The molecule has 21 heavy (non-hydrogen) atoms. The van der Waals surface area contributed by atoms with E-state index < -0.39 is 0 Å². The number of aromatic nitrogens is 3. The first-order chi connectivity index (χ1) is 9.93.